The Balaban J connectivity index is 1.02. The topological polar surface area (TPSA) is 16.4 Å². The summed E-state index contributed by atoms with van der Waals surface area (Å²) in [5, 5.41) is 2.26. The molecule has 0 spiro atoms. The van der Waals surface area contributed by atoms with Crippen LogP contribution in [-0.2, 0) is 0 Å². The van der Waals surface area contributed by atoms with Crippen molar-refractivity contribution in [2.45, 2.75) is 0 Å². The van der Waals surface area contributed by atoms with Crippen molar-refractivity contribution in [2.75, 3.05) is 4.90 Å². The smallest absolute Gasteiger partial charge is 0.143 e. The molecule has 0 fully saturated rings. The highest BCUT2D eigenvalue weighted by Crippen LogP contribution is 2.41. The van der Waals surface area contributed by atoms with E-state index in [-0.39, 0.29) is 0 Å². The summed E-state index contributed by atoms with van der Waals surface area (Å²) < 4.78 is 6.47. The average molecular weight is 716 g/mol. The van der Waals surface area contributed by atoms with Gasteiger partial charge in [0.1, 0.15) is 11.2 Å². The van der Waals surface area contributed by atoms with E-state index in [9.17, 15) is 0 Å². The predicted molar refractivity (Wildman–Crippen MR) is 236 cm³/mol. The Labute approximate surface area is 327 Å². The summed E-state index contributed by atoms with van der Waals surface area (Å²) in [6, 6.07) is 80.0. The SMILES string of the molecule is c1ccc(-c2ccc(-c3ccc(N(c4ccc(-c5ccc(-c6ccccc6)cc5)cc4)c4cccc(-c5cccc6c5oc5ccccc56)c4)cc3)cc2)cc1. The van der Waals surface area contributed by atoms with E-state index >= 15 is 0 Å². The maximum atomic E-state index is 6.47. The first-order valence-electron chi connectivity index (χ1n) is 19.1. The highest BCUT2D eigenvalue weighted by Gasteiger charge is 2.17. The Morgan fingerprint density at radius 2 is 0.661 bits per heavy atom. The van der Waals surface area contributed by atoms with Gasteiger partial charge in [-0.3, -0.25) is 0 Å². The second-order valence-electron chi connectivity index (χ2n) is 14.1. The fourth-order valence-electron chi connectivity index (χ4n) is 7.81. The first kappa shape index (κ1) is 33.2. The van der Waals surface area contributed by atoms with Crippen LogP contribution in [0.4, 0.5) is 17.1 Å². The first-order chi connectivity index (χ1) is 27.7. The van der Waals surface area contributed by atoms with Crippen molar-refractivity contribution >= 4 is 39.0 Å². The molecule has 0 bridgehead atoms. The number of anilines is 3. The molecule has 0 aliphatic carbocycles. The van der Waals surface area contributed by atoms with Crippen molar-refractivity contribution in [3.63, 3.8) is 0 Å². The van der Waals surface area contributed by atoms with Crippen LogP contribution in [-0.4, -0.2) is 0 Å². The van der Waals surface area contributed by atoms with Crippen molar-refractivity contribution < 1.29 is 4.42 Å². The van der Waals surface area contributed by atoms with Crippen LogP contribution in [0.3, 0.4) is 0 Å². The van der Waals surface area contributed by atoms with Crippen molar-refractivity contribution in [1.82, 2.24) is 0 Å². The van der Waals surface area contributed by atoms with E-state index in [2.05, 4.69) is 217 Å². The van der Waals surface area contributed by atoms with Crippen molar-refractivity contribution in [3.8, 4) is 55.6 Å². The molecule has 9 aromatic carbocycles. The summed E-state index contributed by atoms with van der Waals surface area (Å²) >= 11 is 0. The Morgan fingerprint density at radius 1 is 0.268 bits per heavy atom. The molecule has 0 aliphatic rings. The van der Waals surface area contributed by atoms with E-state index in [0.717, 1.165) is 50.1 Å². The van der Waals surface area contributed by atoms with Crippen LogP contribution in [0.25, 0.3) is 77.6 Å². The fourth-order valence-corrected chi connectivity index (χ4v) is 7.81. The molecule has 56 heavy (non-hydrogen) atoms. The van der Waals surface area contributed by atoms with Gasteiger partial charge in [0.15, 0.2) is 0 Å². The molecule has 0 saturated heterocycles. The molecule has 0 saturated carbocycles. The van der Waals surface area contributed by atoms with Crippen molar-refractivity contribution in [3.05, 3.63) is 224 Å². The van der Waals surface area contributed by atoms with Crippen LogP contribution in [0.5, 0.6) is 0 Å². The molecule has 2 heteroatoms. The summed E-state index contributed by atoms with van der Waals surface area (Å²) in [6.07, 6.45) is 0. The van der Waals surface area contributed by atoms with Gasteiger partial charge in [0, 0.05) is 33.4 Å². The third-order valence-corrected chi connectivity index (χ3v) is 10.7. The number of hydrogen-bond acceptors (Lipinski definition) is 2. The molecule has 10 rings (SSSR count). The molecule has 0 radical (unpaired) electrons. The van der Waals surface area contributed by atoms with Gasteiger partial charge in [-0.25, -0.2) is 0 Å². The summed E-state index contributed by atoms with van der Waals surface area (Å²) in [6.45, 7) is 0. The minimum Gasteiger partial charge on any atom is -0.455 e. The van der Waals surface area contributed by atoms with Crippen LogP contribution in [0.2, 0.25) is 0 Å². The van der Waals surface area contributed by atoms with Crippen molar-refractivity contribution in [2.24, 2.45) is 0 Å². The van der Waals surface area contributed by atoms with Gasteiger partial charge in [-0.1, -0.05) is 182 Å². The predicted octanol–water partition coefficient (Wildman–Crippen LogP) is 15.4. The maximum absolute atomic E-state index is 6.47. The van der Waals surface area contributed by atoms with E-state index in [1.54, 1.807) is 0 Å². The molecule has 10 aromatic rings. The van der Waals surface area contributed by atoms with Gasteiger partial charge >= 0.3 is 0 Å². The summed E-state index contributed by atoms with van der Waals surface area (Å²) in [4.78, 5) is 2.34. The van der Waals surface area contributed by atoms with Gasteiger partial charge in [0.25, 0.3) is 0 Å². The lowest BCUT2D eigenvalue weighted by Crippen LogP contribution is -2.10. The lowest BCUT2D eigenvalue weighted by Gasteiger charge is -2.26. The Morgan fingerprint density at radius 3 is 1.18 bits per heavy atom. The molecular formula is C54H37NO. The monoisotopic (exact) mass is 715 g/mol. The average Bonchev–Trinajstić information content (AvgIpc) is 3.67. The second kappa shape index (κ2) is 14.4. The normalized spacial score (nSPS) is 11.2. The molecule has 2 nitrogen and oxygen atoms in total. The zero-order valence-corrected chi connectivity index (χ0v) is 30.7. The first-order valence-corrected chi connectivity index (χ1v) is 19.1. The second-order valence-corrected chi connectivity index (χ2v) is 14.1. The van der Waals surface area contributed by atoms with Gasteiger partial charge in [-0.15, -0.1) is 0 Å². The number of fused-ring (bicyclic) bond motifs is 3. The molecule has 0 unspecified atom stereocenters. The summed E-state index contributed by atoms with van der Waals surface area (Å²) in [5.74, 6) is 0. The van der Waals surface area contributed by atoms with Crippen LogP contribution in [0.1, 0.15) is 0 Å². The third kappa shape index (κ3) is 6.34. The quantitative estimate of drug-likeness (QED) is 0.156. The van der Waals surface area contributed by atoms with Crippen LogP contribution in [0.15, 0.2) is 229 Å². The largest absolute Gasteiger partial charge is 0.455 e. The summed E-state index contributed by atoms with van der Waals surface area (Å²) in [5.41, 5.74) is 16.8. The molecule has 1 heterocycles. The van der Waals surface area contributed by atoms with Crippen LogP contribution >= 0.6 is 0 Å². The Kier molecular flexibility index (Phi) is 8.55. The summed E-state index contributed by atoms with van der Waals surface area (Å²) in [7, 11) is 0. The minimum atomic E-state index is 0.900. The van der Waals surface area contributed by atoms with E-state index in [1.807, 2.05) is 12.1 Å². The lowest BCUT2D eigenvalue weighted by molar-refractivity contribution is 0.670. The molecule has 0 atom stereocenters. The minimum absolute atomic E-state index is 0.900. The number of hydrogen-bond donors (Lipinski definition) is 0. The van der Waals surface area contributed by atoms with Gasteiger partial charge in [-0.2, -0.15) is 0 Å². The number of furan rings is 1. The van der Waals surface area contributed by atoms with Crippen molar-refractivity contribution in [1.29, 1.82) is 0 Å². The molecule has 0 amide bonds. The molecule has 264 valence electrons. The van der Waals surface area contributed by atoms with Gasteiger partial charge < -0.3 is 9.32 Å². The molecule has 0 N–H and O–H groups in total. The zero-order chi connectivity index (χ0) is 37.3. The zero-order valence-electron chi connectivity index (χ0n) is 30.7. The number of benzene rings is 9. The standard InChI is InChI=1S/C54H37NO/c1-3-11-38(12-4-1)40-21-25-42(26-22-40)44-29-33-47(34-30-44)55(48-35-31-45(32-36-48)43-27-23-41(24-28-43)39-13-5-2-6-14-39)49-16-9-15-46(37-49)50-18-10-19-52-51-17-7-8-20-53(51)56-54(50)52/h1-37H. The van der Waals surface area contributed by atoms with E-state index in [4.69, 9.17) is 4.42 Å². The third-order valence-electron chi connectivity index (χ3n) is 10.7. The van der Waals surface area contributed by atoms with Gasteiger partial charge in [0.2, 0.25) is 0 Å². The maximum Gasteiger partial charge on any atom is 0.143 e. The van der Waals surface area contributed by atoms with Gasteiger partial charge in [-0.05, 0) is 92.5 Å². The van der Waals surface area contributed by atoms with E-state index < -0.39 is 0 Å². The Bertz CT molecular complexity index is 2780. The highest BCUT2D eigenvalue weighted by atomic mass is 16.3. The molecular weight excluding hydrogens is 679 g/mol. The number of rotatable bonds is 8. The fraction of sp³-hybridized carbons (Fsp3) is 0. The lowest BCUT2D eigenvalue weighted by atomic mass is 9.99. The van der Waals surface area contributed by atoms with E-state index in [0.29, 0.717) is 0 Å². The van der Waals surface area contributed by atoms with Crippen LogP contribution < -0.4 is 4.90 Å². The van der Waals surface area contributed by atoms with E-state index in [1.165, 1.54) is 44.5 Å². The molecule has 1 aromatic heterocycles. The Hall–Kier alpha value is -7.42. The number of nitrogens with zero attached hydrogens (tertiary/aromatic N) is 1. The van der Waals surface area contributed by atoms with Gasteiger partial charge in [0.05, 0.1) is 0 Å². The molecule has 0 aliphatic heterocycles. The van der Waals surface area contributed by atoms with Crippen LogP contribution in [0, 0.1) is 0 Å². The highest BCUT2D eigenvalue weighted by molar-refractivity contribution is 6.09. The number of para-hydroxylation sites is 2.